The normalized spacial score (nSPS) is 13.3. The molecule has 0 heterocycles. The third-order valence-electron chi connectivity index (χ3n) is 5.86. The van der Waals surface area contributed by atoms with Gasteiger partial charge in [-0.3, -0.25) is 9.10 Å². The van der Waals surface area contributed by atoms with Crippen LogP contribution in [0.25, 0.3) is 10.8 Å². The zero-order valence-corrected chi connectivity index (χ0v) is 19.8. The quantitative estimate of drug-likeness (QED) is 0.437. The van der Waals surface area contributed by atoms with Crippen LogP contribution in [0.4, 0.5) is 24.5 Å². The van der Waals surface area contributed by atoms with E-state index in [0.29, 0.717) is 11.8 Å². The van der Waals surface area contributed by atoms with E-state index in [1.165, 1.54) is 17.2 Å². The lowest BCUT2D eigenvalue weighted by molar-refractivity contribution is -0.137. The largest absolute Gasteiger partial charge is 0.417 e. The molecule has 3 aromatic rings. The fourth-order valence-electron chi connectivity index (χ4n) is 4.32. The van der Waals surface area contributed by atoms with E-state index >= 15 is 0 Å². The van der Waals surface area contributed by atoms with Gasteiger partial charge in [0.25, 0.3) is 0 Å². The topological polar surface area (TPSA) is 66.5 Å². The van der Waals surface area contributed by atoms with E-state index in [2.05, 4.69) is 11.4 Å². The molecule has 1 amide bonds. The van der Waals surface area contributed by atoms with Gasteiger partial charge in [0.1, 0.15) is 0 Å². The average molecular weight is 511 g/mol. The van der Waals surface area contributed by atoms with Crippen molar-refractivity contribution in [3.05, 3.63) is 70.2 Å². The number of amides is 1. The first-order valence-electron chi connectivity index (χ1n) is 10.6. The summed E-state index contributed by atoms with van der Waals surface area (Å²) in [5.74, 6) is -0.306. The minimum absolute atomic E-state index is 0.00528. The van der Waals surface area contributed by atoms with Gasteiger partial charge in [-0.05, 0) is 60.0 Å². The van der Waals surface area contributed by atoms with E-state index in [9.17, 15) is 26.4 Å². The van der Waals surface area contributed by atoms with Gasteiger partial charge in [-0.1, -0.05) is 35.9 Å². The number of rotatable bonds is 7. The van der Waals surface area contributed by atoms with Crippen LogP contribution in [0.15, 0.2) is 48.5 Å². The van der Waals surface area contributed by atoms with E-state index in [-0.39, 0.29) is 31.0 Å². The molecule has 10 heteroatoms. The number of aryl methyl sites for hydroxylation is 2. The number of hydrogen-bond donors (Lipinski definition) is 1. The third-order valence-corrected chi connectivity index (χ3v) is 7.38. The van der Waals surface area contributed by atoms with Gasteiger partial charge in [0, 0.05) is 24.0 Å². The maximum atomic E-state index is 13.2. The molecule has 0 saturated carbocycles. The van der Waals surface area contributed by atoms with Gasteiger partial charge in [0.05, 0.1) is 22.5 Å². The molecule has 0 spiro atoms. The fraction of sp³-hybridized carbons (Fsp3) is 0.292. The van der Waals surface area contributed by atoms with Crippen molar-refractivity contribution in [3.8, 4) is 0 Å². The van der Waals surface area contributed by atoms with Crippen LogP contribution in [0, 0.1) is 0 Å². The van der Waals surface area contributed by atoms with Crippen molar-refractivity contribution >= 4 is 49.7 Å². The SMILES string of the molecule is CS(=O)(=O)N(CCCC(=O)Nc1ccc2c3c(cccc13)CC2)c1ccc(Cl)c(C(F)(F)F)c1. The summed E-state index contributed by atoms with van der Waals surface area (Å²) in [7, 11) is -3.89. The van der Waals surface area contributed by atoms with E-state index in [4.69, 9.17) is 11.6 Å². The molecule has 0 atom stereocenters. The lowest BCUT2D eigenvalue weighted by atomic mass is 10.0. The molecule has 34 heavy (non-hydrogen) atoms. The number of anilines is 2. The van der Waals surface area contributed by atoms with E-state index in [1.54, 1.807) is 0 Å². The van der Waals surface area contributed by atoms with Crippen LogP contribution in [0.3, 0.4) is 0 Å². The highest BCUT2D eigenvalue weighted by Crippen LogP contribution is 2.38. The molecule has 1 aliphatic rings. The van der Waals surface area contributed by atoms with Crippen molar-refractivity contribution in [2.75, 3.05) is 22.4 Å². The number of nitrogens with zero attached hydrogens (tertiary/aromatic N) is 1. The summed E-state index contributed by atoms with van der Waals surface area (Å²) in [5, 5.41) is 4.48. The number of hydrogen-bond acceptors (Lipinski definition) is 3. The molecule has 0 fully saturated rings. The number of carbonyl (C=O) groups excluding carboxylic acids is 1. The summed E-state index contributed by atoms with van der Waals surface area (Å²) >= 11 is 5.65. The second-order valence-electron chi connectivity index (χ2n) is 8.26. The molecular formula is C24H22ClF3N2O3S. The van der Waals surface area contributed by atoms with Crippen LogP contribution in [0.1, 0.15) is 29.5 Å². The summed E-state index contributed by atoms with van der Waals surface area (Å²) in [6.07, 6.45) is -1.78. The molecule has 1 aliphatic carbocycles. The van der Waals surface area contributed by atoms with Crippen molar-refractivity contribution in [3.63, 3.8) is 0 Å². The Morgan fingerprint density at radius 2 is 1.79 bits per heavy atom. The zero-order chi connectivity index (χ0) is 24.7. The van der Waals surface area contributed by atoms with Gasteiger partial charge in [-0.2, -0.15) is 13.2 Å². The molecule has 0 bridgehead atoms. The van der Waals surface area contributed by atoms with E-state index in [1.807, 2.05) is 24.3 Å². The highest BCUT2D eigenvalue weighted by molar-refractivity contribution is 7.92. The first-order chi connectivity index (χ1) is 15.9. The molecule has 0 unspecified atom stereocenters. The van der Waals surface area contributed by atoms with Gasteiger partial charge in [0.15, 0.2) is 0 Å². The summed E-state index contributed by atoms with van der Waals surface area (Å²) in [6, 6.07) is 12.8. The molecule has 0 aliphatic heterocycles. The van der Waals surface area contributed by atoms with Crippen LogP contribution < -0.4 is 9.62 Å². The fourth-order valence-corrected chi connectivity index (χ4v) is 5.51. The minimum atomic E-state index is -4.73. The van der Waals surface area contributed by atoms with E-state index in [0.717, 1.165) is 40.2 Å². The van der Waals surface area contributed by atoms with Crippen LogP contribution in [-0.2, 0) is 33.8 Å². The van der Waals surface area contributed by atoms with Gasteiger partial charge >= 0.3 is 6.18 Å². The highest BCUT2D eigenvalue weighted by Gasteiger charge is 2.34. The van der Waals surface area contributed by atoms with Gasteiger partial charge in [-0.25, -0.2) is 8.42 Å². The predicted octanol–water partition coefficient (Wildman–Crippen LogP) is 5.80. The number of halogens is 4. The smallest absolute Gasteiger partial charge is 0.326 e. The predicted molar refractivity (Wildman–Crippen MR) is 128 cm³/mol. The number of nitrogens with one attached hydrogen (secondary N) is 1. The Balaban J connectivity index is 1.47. The minimum Gasteiger partial charge on any atom is -0.326 e. The van der Waals surface area contributed by atoms with Crippen LogP contribution in [-0.4, -0.2) is 27.1 Å². The number of alkyl halides is 3. The van der Waals surface area contributed by atoms with Crippen LogP contribution >= 0.6 is 11.6 Å². The first kappa shape index (κ1) is 24.3. The van der Waals surface area contributed by atoms with Crippen molar-refractivity contribution in [1.29, 1.82) is 0 Å². The third kappa shape index (κ3) is 5.00. The number of benzene rings is 3. The van der Waals surface area contributed by atoms with Crippen LogP contribution in [0.5, 0.6) is 0 Å². The molecular weight excluding hydrogens is 489 g/mol. The Kier molecular flexibility index (Phi) is 6.52. The number of sulfonamides is 1. The first-order valence-corrected chi connectivity index (χ1v) is 12.9. The van der Waals surface area contributed by atoms with Crippen molar-refractivity contribution in [2.24, 2.45) is 0 Å². The Morgan fingerprint density at radius 1 is 1.09 bits per heavy atom. The Hall–Kier alpha value is -2.78. The van der Waals surface area contributed by atoms with E-state index < -0.39 is 26.8 Å². The van der Waals surface area contributed by atoms with Crippen LogP contribution in [0.2, 0.25) is 5.02 Å². The molecule has 0 saturated heterocycles. The standard InChI is InChI=1S/C24H22ClF3N2O3S/c1-34(32,33)30(17-10-11-20(25)19(14-17)24(26,27)28)13-3-6-22(31)29-21-12-9-16-8-7-15-4-2-5-18(21)23(15)16/h2,4-5,9-12,14H,3,6-8,13H2,1H3,(H,29,31). The second kappa shape index (κ2) is 9.11. The molecule has 1 N–H and O–H groups in total. The highest BCUT2D eigenvalue weighted by atomic mass is 35.5. The second-order valence-corrected chi connectivity index (χ2v) is 10.6. The molecule has 3 aromatic carbocycles. The average Bonchev–Trinajstić information content (AvgIpc) is 3.17. The molecule has 5 nitrogen and oxygen atoms in total. The Morgan fingerprint density at radius 3 is 2.47 bits per heavy atom. The monoisotopic (exact) mass is 510 g/mol. The number of carbonyl (C=O) groups is 1. The molecule has 0 radical (unpaired) electrons. The van der Waals surface area contributed by atoms with Gasteiger partial charge in [-0.15, -0.1) is 0 Å². The van der Waals surface area contributed by atoms with Gasteiger partial charge in [0.2, 0.25) is 15.9 Å². The van der Waals surface area contributed by atoms with Crippen molar-refractivity contribution in [1.82, 2.24) is 0 Å². The van der Waals surface area contributed by atoms with Gasteiger partial charge < -0.3 is 5.32 Å². The lowest BCUT2D eigenvalue weighted by Crippen LogP contribution is -2.31. The summed E-state index contributed by atoms with van der Waals surface area (Å²) in [6.45, 7) is -0.158. The molecule has 4 rings (SSSR count). The van der Waals surface area contributed by atoms with Crippen molar-refractivity contribution < 1.29 is 26.4 Å². The maximum absolute atomic E-state index is 13.2. The summed E-state index contributed by atoms with van der Waals surface area (Å²) < 4.78 is 65.0. The summed E-state index contributed by atoms with van der Waals surface area (Å²) in [4.78, 5) is 12.6. The summed E-state index contributed by atoms with van der Waals surface area (Å²) in [5.41, 5.74) is 1.89. The maximum Gasteiger partial charge on any atom is 0.417 e. The zero-order valence-electron chi connectivity index (χ0n) is 18.2. The molecule has 180 valence electrons. The Labute approximate surface area is 200 Å². The lowest BCUT2D eigenvalue weighted by Gasteiger charge is -2.23. The van der Waals surface area contributed by atoms with Crippen molar-refractivity contribution in [2.45, 2.75) is 31.9 Å². The Bertz CT molecular complexity index is 1360. The molecule has 0 aromatic heterocycles.